The van der Waals surface area contributed by atoms with Gasteiger partial charge in [-0.3, -0.25) is 0 Å². The molecule has 0 radical (unpaired) electrons. The van der Waals surface area contributed by atoms with Gasteiger partial charge in [0.05, 0.1) is 18.7 Å². The molecule has 0 aliphatic carbocycles. The molecule has 4 nitrogen and oxygen atoms in total. The maximum atomic E-state index is 10.5. The van der Waals surface area contributed by atoms with Crippen molar-refractivity contribution in [1.82, 2.24) is 0 Å². The summed E-state index contributed by atoms with van der Waals surface area (Å²) in [4.78, 5) is 10.5. The van der Waals surface area contributed by atoms with Gasteiger partial charge in [-0.05, 0) is 29.7 Å². The maximum absolute atomic E-state index is 10.5. The van der Waals surface area contributed by atoms with Gasteiger partial charge in [0.2, 0.25) is 0 Å². The molecule has 0 aliphatic heterocycles. The summed E-state index contributed by atoms with van der Waals surface area (Å²) in [5, 5.41) is 8.99. The molecule has 19 heavy (non-hydrogen) atoms. The van der Waals surface area contributed by atoms with Crippen molar-refractivity contribution < 1.29 is 19.4 Å². The van der Waals surface area contributed by atoms with Crippen molar-refractivity contribution in [2.75, 3.05) is 13.7 Å². The number of halogens is 1. The summed E-state index contributed by atoms with van der Waals surface area (Å²) in [5.41, 5.74) is 0.640. The maximum Gasteiger partial charge on any atom is 0.328 e. The summed E-state index contributed by atoms with van der Waals surface area (Å²) in [6, 6.07) is 3.32. The van der Waals surface area contributed by atoms with Crippen LogP contribution in [0.5, 0.6) is 11.5 Å². The number of carboxylic acid groups (broad SMARTS) is 1. The number of carbonyl (C=O) groups is 1. The highest BCUT2D eigenvalue weighted by Crippen LogP contribution is 2.37. The first-order valence-electron chi connectivity index (χ1n) is 5.85. The highest BCUT2D eigenvalue weighted by molar-refractivity contribution is 6.32. The average molecular weight is 285 g/mol. The van der Waals surface area contributed by atoms with E-state index >= 15 is 0 Å². The molecule has 0 bridgehead atoms. The van der Waals surface area contributed by atoms with Gasteiger partial charge in [0, 0.05) is 6.08 Å². The highest BCUT2D eigenvalue weighted by Gasteiger charge is 2.12. The quantitative estimate of drug-likeness (QED) is 0.813. The smallest absolute Gasteiger partial charge is 0.328 e. The second-order valence-corrected chi connectivity index (χ2v) is 4.82. The van der Waals surface area contributed by atoms with Crippen LogP contribution in [0.15, 0.2) is 18.2 Å². The van der Waals surface area contributed by atoms with E-state index in [2.05, 4.69) is 0 Å². The van der Waals surface area contributed by atoms with Crippen LogP contribution in [-0.4, -0.2) is 24.8 Å². The van der Waals surface area contributed by atoms with Crippen molar-refractivity contribution >= 4 is 23.6 Å². The molecule has 0 fully saturated rings. The summed E-state index contributed by atoms with van der Waals surface area (Å²) in [7, 11) is 1.51. The number of aliphatic carboxylic acids is 1. The fourth-order valence-electron chi connectivity index (χ4n) is 1.39. The Kier molecular flexibility index (Phi) is 5.70. The van der Waals surface area contributed by atoms with Gasteiger partial charge in [0.15, 0.2) is 11.5 Å². The van der Waals surface area contributed by atoms with E-state index in [1.807, 2.05) is 13.8 Å². The second-order valence-electron chi connectivity index (χ2n) is 4.41. The minimum atomic E-state index is -1.02. The molecule has 5 heteroatoms. The second kappa shape index (κ2) is 7.04. The Balaban J connectivity index is 3.03. The fourth-order valence-corrected chi connectivity index (χ4v) is 1.67. The van der Waals surface area contributed by atoms with Gasteiger partial charge in [-0.2, -0.15) is 0 Å². The van der Waals surface area contributed by atoms with E-state index in [9.17, 15) is 4.79 Å². The van der Waals surface area contributed by atoms with Crippen molar-refractivity contribution in [3.8, 4) is 11.5 Å². The molecule has 0 amide bonds. The van der Waals surface area contributed by atoms with Gasteiger partial charge >= 0.3 is 5.97 Å². The van der Waals surface area contributed by atoms with Crippen molar-refractivity contribution in [3.63, 3.8) is 0 Å². The van der Waals surface area contributed by atoms with Crippen molar-refractivity contribution in [2.45, 2.75) is 13.8 Å². The summed E-state index contributed by atoms with van der Waals surface area (Å²) in [6.45, 7) is 4.59. The van der Waals surface area contributed by atoms with Crippen LogP contribution >= 0.6 is 11.6 Å². The number of ether oxygens (including phenoxy) is 2. The lowest BCUT2D eigenvalue weighted by atomic mass is 10.2. The Labute approximate surface area is 117 Å². The Hall–Kier alpha value is -1.68. The molecule has 1 aromatic rings. The first-order valence-corrected chi connectivity index (χ1v) is 6.23. The molecule has 0 saturated carbocycles. The third-order valence-corrected chi connectivity index (χ3v) is 2.51. The molecule has 0 atom stereocenters. The summed E-state index contributed by atoms with van der Waals surface area (Å²) in [5.74, 6) is 0.311. The number of rotatable bonds is 6. The molecule has 0 aromatic heterocycles. The zero-order chi connectivity index (χ0) is 14.4. The lowest BCUT2D eigenvalue weighted by Crippen LogP contribution is -2.06. The summed E-state index contributed by atoms with van der Waals surface area (Å²) >= 11 is 6.13. The van der Waals surface area contributed by atoms with Crippen LogP contribution in [-0.2, 0) is 4.79 Å². The lowest BCUT2D eigenvalue weighted by Gasteiger charge is -2.14. The van der Waals surface area contributed by atoms with Crippen LogP contribution in [0, 0.1) is 5.92 Å². The van der Waals surface area contributed by atoms with Gasteiger partial charge in [-0.25, -0.2) is 4.79 Å². The summed E-state index contributed by atoms with van der Waals surface area (Å²) < 4.78 is 10.8. The first-order chi connectivity index (χ1) is 8.93. The van der Waals surface area contributed by atoms with Gasteiger partial charge in [0.25, 0.3) is 0 Å². The fraction of sp³-hybridized carbons (Fsp3) is 0.357. The number of hydrogen-bond donors (Lipinski definition) is 1. The molecule has 1 rings (SSSR count). The standard InChI is InChI=1S/C14H17ClO4/c1-9(2)8-19-14-11(15)6-10(4-5-13(16)17)7-12(14)18-3/h4-7,9H,8H2,1-3H3,(H,16,17)/b5-4-. The highest BCUT2D eigenvalue weighted by atomic mass is 35.5. The Bertz CT molecular complexity index is 481. The monoisotopic (exact) mass is 284 g/mol. The van der Waals surface area contributed by atoms with E-state index in [1.165, 1.54) is 13.2 Å². The molecule has 0 heterocycles. The van der Waals surface area contributed by atoms with E-state index in [0.29, 0.717) is 34.6 Å². The molecule has 0 aliphatic rings. The predicted molar refractivity (Wildman–Crippen MR) is 75.0 cm³/mol. The topological polar surface area (TPSA) is 55.8 Å². The molecule has 0 saturated heterocycles. The van der Waals surface area contributed by atoms with Crippen LogP contribution in [0.1, 0.15) is 19.4 Å². The van der Waals surface area contributed by atoms with Crippen molar-refractivity contribution in [3.05, 3.63) is 28.8 Å². The Morgan fingerprint density at radius 3 is 2.68 bits per heavy atom. The van der Waals surface area contributed by atoms with Gasteiger partial charge < -0.3 is 14.6 Å². The minimum Gasteiger partial charge on any atom is -0.493 e. The zero-order valence-corrected chi connectivity index (χ0v) is 11.9. The van der Waals surface area contributed by atoms with Gasteiger partial charge in [0.1, 0.15) is 0 Å². The largest absolute Gasteiger partial charge is 0.493 e. The van der Waals surface area contributed by atoms with E-state index < -0.39 is 5.97 Å². The number of hydrogen-bond acceptors (Lipinski definition) is 3. The molecular formula is C14H17ClO4. The Morgan fingerprint density at radius 2 is 2.16 bits per heavy atom. The van der Waals surface area contributed by atoms with Crippen LogP contribution in [0.2, 0.25) is 5.02 Å². The lowest BCUT2D eigenvalue weighted by molar-refractivity contribution is -0.131. The SMILES string of the molecule is COc1cc(/C=C\C(=O)O)cc(Cl)c1OCC(C)C. The van der Waals surface area contributed by atoms with Crippen molar-refractivity contribution in [2.24, 2.45) is 5.92 Å². The van der Waals surface area contributed by atoms with E-state index in [-0.39, 0.29) is 0 Å². The molecular weight excluding hydrogens is 268 g/mol. The Morgan fingerprint density at radius 1 is 1.47 bits per heavy atom. The molecule has 104 valence electrons. The van der Waals surface area contributed by atoms with Crippen LogP contribution in [0.25, 0.3) is 6.08 Å². The predicted octanol–water partition coefficient (Wildman–Crippen LogP) is 3.48. The molecule has 0 unspecified atom stereocenters. The minimum absolute atomic E-state index is 0.368. The first kappa shape index (κ1) is 15.4. The average Bonchev–Trinajstić information content (AvgIpc) is 2.34. The van der Waals surface area contributed by atoms with Crippen molar-refractivity contribution in [1.29, 1.82) is 0 Å². The third kappa shape index (κ3) is 4.83. The third-order valence-electron chi connectivity index (χ3n) is 2.23. The number of benzene rings is 1. The zero-order valence-electron chi connectivity index (χ0n) is 11.1. The van der Waals surface area contributed by atoms with Crippen LogP contribution in [0.4, 0.5) is 0 Å². The number of carboxylic acids is 1. The summed E-state index contributed by atoms with van der Waals surface area (Å²) in [6.07, 6.45) is 2.49. The van der Waals surface area contributed by atoms with E-state index in [0.717, 1.165) is 6.08 Å². The van der Waals surface area contributed by atoms with Gasteiger partial charge in [-0.15, -0.1) is 0 Å². The van der Waals surface area contributed by atoms with E-state index in [4.69, 9.17) is 26.2 Å². The van der Waals surface area contributed by atoms with Crippen LogP contribution < -0.4 is 9.47 Å². The van der Waals surface area contributed by atoms with E-state index in [1.54, 1.807) is 12.1 Å². The number of methoxy groups -OCH3 is 1. The normalized spacial score (nSPS) is 11.0. The molecule has 0 spiro atoms. The molecule has 1 aromatic carbocycles. The van der Waals surface area contributed by atoms with Crippen LogP contribution in [0.3, 0.4) is 0 Å². The molecule has 1 N–H and O–H groups in total. The van der Waals surface area contributed by atoms with Gasteiger partial charge in [-0.1, -0.05) is 25.4 Å².